The fourth-order valence-corrected chi connectivity index (χ4v) is 3.43. The molecule has 1 aromatic rings. The molecule has 8 heteroatoms. The second-order valence-electron chi connectivity index (χ2n) is 6.63. The van der Waals surface area contributed by atoms with E-state index in [-0.39, 0.29) is 18.0 Å². The topological polar surface area (TPSA) is 81.7 Å². The number of carbonyl (C=O) groups excluding carboxylic acids is 2. The SMILES string of the molecule is CC(=O)N1CCCN(C(=O)NC2CCCN(c3ncccn3)C2)CC1. The number of nitrogens with zero attached hydrogens (tertiary/aromatic N) is 5. The number of urea groups is 1. The number of piperidine rings is 1. The molecule has 136 valence electrons. The van der Waals surface area contributed by atoms with Crippen molar-refractivity contribution >= 4 is 17.9 Å². The zero-order valence-electron chi connectivity index (χ0n) is 14.7. The van der Waals surface area contributed by atoms with E-state index in [2.05, 4.69) is 20.2 Å². The first-order valence-electron chi connectivity index (χ1n) is 8.96. The second kappa shape index (κ2) is 8.13. The molecular formula is C17H26N6O2. The largest absolute Gasteiger partial charge is 0.341 e. The summed E-state index contributed by atoms with van der Waals surface area (Å²) in [5, 5.41) is 3.15. The fourth-order valence-electron chi connectivity index (χ4n) is 3.43. The van der Waals surface area contributed by atoms with Gasteiger partial charge in [-0.05, 0) is 25.3 Å². The van der Waals surface area contributed by atoms with E-state index in [1.54, 1.807) is 25.4 Å². The van der Waals surface area contributed by atoms with E-state index in [1.165, 1.54) is 0 Å². The summed E-state index contributed by atoms with van der Waals surface area (Å²) in [7, 11) is 0. The van der Waals surface area contributed by atoms with Crippen LogP contribution in [0.4, 0.5) is 10.7 Å². The molecule has 25 heavy (non-hydrogen) atoms. The maximum Gasteiger partial charge on any atom is 0.317 e. The average molecular weight is 346 g/mol. The van der Waals surface area contributed by atoms with Gasteiger partial charge in [0.25, 0.3) is 0 Å². The molecule has 2 saturated heterocycles. The third kappa shape index (κ3) is 4.58. The summed E-state index contributed by atoms with van der Waals surface area (Å²) in [5.41, 5.74) is 0. The second-order valence-corrected chi connectivity index (χ2v) is 6.63. The van der Waals surface area contributed by atoms with Gasteiger partial charge in [-0.25, -0.2) is 14.8 Å². The van der Waals surface area contributed by atoms with Crippen molar-refractivity contribution in [1.82, 2.24) is 25.1 Å². The summed E-state index contributed by atoms with van der Waals surface area (Å²) in [6, 6.07) is 1.86. The smallest absolute Gasteiger partial charge is 0.317 e. The molecule has 3 amide bonds. The van der Waals surface area contributed by atoms with Gasteiger partial charge in [-0.15, -0.1) is 0 Å². The van der Waals surface area contributed by atoms with Crippen molar-refractivity contribution in [2.45, 2.75) is 32.2 Å². The molecule has 0 radical (unpaired) electrons. The molecule has 8 nitrogen and oxygen atoms in total. The third-order valence-electron chi connectivity index (χ3n) is 4.81. The Labute approximate surface area is 148 Å². The Balaban J connectivity index is 1.53. The minimum absolute atomic E-state index is 0.0359. The molecule has 0 spiro atoms. The summed E-state index contributed by atoms with van der Waals surface area (Å²) in [6.07, 6.45) is 6.26. The van der Waals surface area contributed by atoms with Crippen molar-refractivity contribution in [1.29, 1.82) is 0 Å². The van der Waals surface area contributed by atoms with E-state index in [4.69, 9.17) is 0 Å². The molecule has 0 saturated carbocycles. The van der Waals surface area contributed by atoms with Gasteiger partial charge in [-0.3, -0.25) is 4.79 Å². The Morgan fingerprint density at radius 2 is 1.76 bits per heavy atom. The highest BCUT2D eigenvalue weighted by molar-refractivity contribution is 5.75. The van der Waals surface area contributed by atoms with Crippen LogP contribution in [0.5, 0.6) is 0 Å². The number of rotatable bonds is 2. The lowest BCUT2D eigenvalue weighted by Crippen LogP contribution is -2.52. The van der Waals surface area contributed by atoms with E-state index >= 15 is 0 Å². The minimum Gasteiger partial charge on any atom is -0.341 e. The lowest BCUT2D eigenvalue weighted by atomic mass is 10.1. The molecule has 0 aromatic carbocycles. The highest BCUT2D eigenvalue weighted by Gasteiger charge is 2.26. The summed E-state index contributed by atoms with van der Waals surface area (Å²) in [6.45, 7) is 5.82. The molecule has 0 bridgehead atoms. The number of anilines is 1. The van der Waals surface area contributed by atoms with Crippen molar-refractivity contribution in [3.05, 3.63) is 18.5 Å². The lowest BCUT2D eigenvalue weighted by Gasteiger charge is -2.34. The molecule has 0 aliphatic carbocycles. The van der Waals surface area contributed by atoms with Gasteiger partial charge in [-0.1, -0.05) is 0 Å². The van der Waals surface area contributed by atoms with Crippen molar-refractivity contribution in [2.24, 2.45) is 0 Å². The van der Waals surface area contributed by atoms with Gasteiger partial charge in [0.15, 0.2) is 0 Å². The summed E-state index contributed by atoms with van der Waals surface area (Å²) in [4.78, 5) is 38.4. The highest BCUT2D eigenvalue weighted by atomic mass is 16.2. The van der Waals surface area contributed by atoms with E-state index in [9.17, 15) is 9.59 Å². The molecule has 1 unspecified atom stereocenters. The number of hydrogen-bond donors (Lipinski definition) is 1. The predicted octanol–water partition coefficient (Wildman–Crippen LogP) is 0.709. The van der Waals surface area contributed by atoms with Crippen LogP contribution in [0.1, 0.15) is 26.2 Å². The molecular weight excluding hydrogens is 320 g/mol. The van der Waals surface area contributed by atoms with Crippen LogP contribution in [-0.2, 0) is 4.79 Å². The van der Waals surface area contributed by atoms with Gasteiger partial charge < -0.3 is 20.0 Å². The van der Waals surface area contributed by atoms with Crippen molar-refractivity contribution in [3.63, 3.8) is 0 Å². The number of hydrogen-bond acceptors (Lipinski definition) is 5. The first kappa shape index (κ1) is 17.4. The Morgan fingerprint density at radius 1 is 1.04 bits per heavy atom. The summed E-state index contributed by atoms with van der Waals surface area (Å²) < 4.78 is 0. The zero-order chi connectivity index (χ0) is 17.6. The molecule has 2 aliphatic rings. The normalized spacial score (nSPS) is 21.6. The van der Waals surface area contributed by atoms with Gasteiger partial charge in [0, 0.05) is 64.6 Å². The van der Waals surface area contributed by atoms with E-state index in [1.807, 2.05) is 9.80 Å². The Morgan fingerprint density at radius 3 is 2.52 bits per heavy atom. The minimum atomic E-state index is -0.0359. The van der Waals surface area contributed by atoms with Crippen LogP contribution in [0.15, 0.2) is 18.5 Å². The summed E-state index contributed by atoms with van der Waals surface area (Å²) >= 11 is 0. The van der Waals surface area contributed by atoms with Crippen LogP contribution in [0.2, 0.25) is 0 Å². The number of amides is 3. The molecule has 1 aromatic heterocycles. The van der Waals surface area contributed by atoms with Crippen LogP contribution in [0.3, 0.4) is 0 Å². The molecule has 3 rings (SSSR count). The Hall–Kier alpha value is -2.38. The Bertz CT molecular complexity index is 596. The van der Waals surface area contributed by atoms with Crippen LogP contribution in [0, 0.1) is 0 Å². The van der Waals surface area contributed by atoms with Gasteiger partial charge >= 0.3 is 6.03 Å². The Kier molecular flexibility index (Phi) is 5.67. The van der Waals surface area contributed by atoms with Crippen LogP contribution >= 0.6 is 0 Å². The zero-order valence-corrected chi connectivity index (χ0v) is 14.7. The van der Waals surface area contributed by atoms with Crippen LogP contribution in [-0.4, -0.2) is 77.0 Å². The average Bonchev–Trinajstić information content (AvgIpc) is 2.89. The molecule has 3 heterocycles. The van der Waals surface area contributed by atoms with Crippen LogP contribution in [0.25, 0.3) is 0 Å². The van der Waals surface area contributed by atoms with E-state index in [0.717, 1.165) is 38.9 Å². The highest BCUT2D eigenvalue weighted by Crippen LogP contribution is 2.15. The van der Waals surface area contributed by atoms with Gasteiger partial charge in [0.1, 0.15) is 0 Å². The van der Waals surface area contributed by atoms with Crippen molar-refractivity contribution in [3.8, 4) is 0 Å². The number of nitrogens with one attached hydrogen (secondary N) is 1. The predicted molar refractivity (Wildman–Crippen MR) is 94.2 cm³/mol. The molecule has 2 aliphatic heterocycles. The van der Waals surface area contributed by atoms with Gasteiger partial charge in [-0.2, -0.15) is 0 Å². The molecule has 1 N–H and O–H groups in total. The van der Waals surface area contributed by atoms with Gasteiger partial charge in [0.05, 0.1) is 0 Å². The quantitative estimate of drug-likeness (QED) is 0.853. The number of carbonyl (C=O) groups is 2. The monoisotopic (exact) mass is 346 g/mol. The standard InChI is InChI=1S/C17H26N6O2/c1-14(24)21-9-4-10-22(12-11-21)17(25)20-15-5-2-8-23(13-15)16-18-6-3-7-19-16/h3,6-7,15H,2,4-5,8-13H2,1H3,(H,20,25). The van der Waals surface area contributed by atoms with Crippen LogP contribution < -0.4 is 10.2 Å². The first-order chi connectivity index (χ1) is 12.1. The van der Waals surface area contributed by atoms with E-state index < -0.39 is 0 Å². The van der Waals surface area contributed by atoms with Crippen molar-refractivity contribution < 1.29 is 9.59 Å². The van der Waals surface area contributed by atoms with Gasteiger partial charge in [0.2, 0.25) is 11.9 Å². The van der Waals surface area contributed by atoms with E-state index in [0.29, 0.717) is 25.6 Å². The van der Waals surface area contributed by atoms with Crippen molar-refractivity contribution in [2.75, 3.05) is 44.2 Å². The molecule has 1 atom stereocenters. The first-order valence-corrected chi connectivity index (χ1v) is 8.96. The fraction of sp³-hybridized carbons (Fsp3) is 0.647. The number of aromatic nitrogens is 2. The molecule has 2 fully saturated rings. The third-order valence-corrected chi connectivity index (χ3v) is 4.81. The lowest BCUT2D eigenvalue weighted by molar-refractivity contribution is -0.128. The maximum atomic E-state index is 12.6. The summed E-state index contributed by atoms with van der Waals surface area (Å²) in [5.74, 6) is 0.793. The maximum absolute atomic E-state index is 12.6.